The van der Waals surface area contributed by atoms with Crippen molar-refractivity contribution in [1.82, 2.24) is 14.7 Å². The summed E-state index contributed by atoms with van der Waals surface area (Å²) in [6.07, 6.45) is 0. The lowest BCUT2D eigenvalue weighted by Gasteiger charge is -2.23. The van der Waals surface area contributed by atoms with Gasteiger partial charge in [0.05, 0.1) is 13.2 Å². The summed E-state index contributed by atoms with van der Waals surface area (Å²) >= 11 is 1.43. The molecular formula is C19H19N3O5S. The molecule has 1 aromatic carbocycles. The minimum atomic E-state index is -0.796. The van der Waals surface area contributed by atoms with E-state index in [1.807, 2.05) is 35.7 Å². The zero-order valence-electron chi connectivity index (χ0n) is 15.3. The summed E-state index contributed by atoms with van der Waals surface area (Å²) in [4.78, 5) is 41.7. The van der Waals surface area contributed by atoms with E-state index in [-0.39, 0.29) is 13.2 Å². The average Bonchev–Trinajstić information content (AvgIpc) is 3.27. The quantitative estimate of drug-likeness (QED) is 0.543. The van der Waals surface area contributed by atoms with Gasteiger partial charge < -0.3 is 9.47 Å². The van der Waals surface area contributed by atoms with E-state index >= 15 is 0 Å². The lowest BCUT2D eigenvalue weighted by molar-refractivity contribution is -0.144. The Morgan fingerprint density at radius 3 is 2.54 bits per heavy atom. The van der Waals surface area contributed by atoms with Crippen LogP contribution in [0.2, 0.25) is 0 Å². The zero-order chi connectivity index (χ0) is 19.7. The van der Waals surface area contributed by atoms with Crippen molar-refractivity contribution in [3.8, 4) is 11.5 Å². The molecule has 4 rings (SSSR count). The Labute approximate surface area is 165 Å². The van der Waals surface area contributed by atoms with E-state index in [9.17, 15) is 14.4 Å². The van der Waals surface area contributed by atoms with Crippen molar-refractivity contribution in [2.75, 3.05) is 26.9 Å². The Balaban J connectivity index is 1.41. The van der Waals surface area contributed by atoms with Crippen LogP contribution < -0.4 is 9.47 Å². The third kappa shape index (κ3) is 3.58. The maximum atomic E-state index is 12.6. The number of amides is 4. The van der Waals surface area contributed by atoms with E-state index in [0.29, 0.717) is 31.3 Å². The van der Waals surface area contributed by atoms with Crippen LogP contribution in [0, 0.1) is 0 Å². The Morgan fingerprint density at radius 1 is 1.04 bits per heavy atom. The number of rotatable bonds is 6. The number of carbonyl (C=O) groups is 3. The molecular weight excluding hydrogens is 382 g/mol. The summed E-state index contributed by atoms with van der Waals surface area (Å²) in [5.41, 5.74) is 0.951. The highest BCUT2D eigenvalue weighted by Gasteiger charge is 2.44. The second-order valence-electron chi connectivity index (χ2n) is 6.62. The first-order valence-corrected chi connectivity index (χ1v) is 9.67. The van der Waals surface area contributed by atoms with Gasteiger partial charge in [-0.3, -0.25) is 19.4 Å². The molecule has 3 heterocycles. The van der Waals surface area contributed by atoms with Gasteiger partial charge in [0.15, 0.2) is 11.5 Å². The maximum absolute atomic E-state index is 12.6. The Bertz CT molecular complexity index is 914. The van der Waals surface area contributed by atoms with Gasteiger partial charge in [-0.1, -0.05) is 12.1 Å². The number of ether oxygens (including phenoxy) is 2. The molecule has 0 atom stereocenters. The van der Waals surface area contributed by atoms with Gasteiger partial charge in [-0.2, -0.15) is 0 Å². The van der Waals surface area contributed by atoms with Crippen LogP contribution in [0.1, 0.15) is 10.4 Å². The first-order valence-electron chi connectivity index (χ1n) is 8.79. The Kier molecular flexibility index (Phi) is 5.01. The number of hydrogen-bond donors (Lipinski definition) is 0. The molecule has 0 bridgehead atoms. The molecule has 2 aliphatic heterocycles. The van der Waals surface area contributed by atoms with Crippen LogP contribution in [0.3, 0.4) is 0 Å². The Hall–Kier alpha value is -2.91. The number of fused-ring (bicyclic) bond motifs is 1. The molecule has 0 unspecified atom stereocenters. The summed E-state index contributed by atoms with van der Waals surface area (Å²) in [6.45, 7) is 1.65. The monoisotopic (exact) mass is 401 g/mol. The number of benzene rings is 1. The topological polar surface area (TPSA) is 79.4 Å². The predicted molar refractivity (Wildman–Crippen MR) is 101 cm³/mol. The zero-order valence-corrected chi connectivity index (χ0v) is 16.1. The first-order chi connectivity index (χ1) is 13.5. The highest BCUT2D eigenvalue weighted by atomic mass is 32.1. The number of imide groups is 2. The smallest absolute Gasteiger partial charge is 0.335 e. The van der Waals surface area contributed by atoms with Gasteiger partial charge in [0.2, 0.25) is 0 Å². The van der Waals surface area contributed by atoms with Crippen molar-refractivity contribution in [3.63, 3.8) is 0 Å². The van der Waals surface area contributed by atoms with E-state index in [1.54, 1.807) is 11.9 Å². The van der Waals surface area contributed by atoms with E-state index in [4.69, 9.17) is 9.47 Å². The molecule has 0 spiro atoms. The van der Waals surface area contributed by atoms with E-state index in [1.165, 1.54) is 11.3 Å². The number of nitrogens with zero attached hydrogens (tertiary/aromatic N) is 3. The standard InChI is InChI=1S/C19H19N3O5S/c1-20(10-13-4-5-15-16(9-13)27-7-6-26-15)12-22-18(24)17(23)21(19(22)25)11-14-3-2-8-28-14/h2-5,8-9H,6-7,10-12H2,1H3. The molecule has 1 saturated heterocycles. The minimum absolute atomic E-state index is 0.0266. The summed E-state index contributed by atoms with van der Waals surface area (Å²) in [7, 11) is 1.78. The van der Waals surface area contributed by atoms with Crippen molar-refractivity contribution in [2.24, 2.45) is 0 Å². The molecule has 28 heavy (non-hydrogen) atoms. The van der Waals surface area contributed by atoms with Gasteiger partial charge in [-0.25, -0.2) is 9.69 Å². The molecule has 2 aliphatic rings. The lowest BCUT2D eigenvalue weighted by Crippen LogP contribution is -2.40. The molecule has 4 amide bonds. The van der Waals surface area contributed by atoms with Crippen LogP contribution in [0.25, 0.3) is 0 Å². The minimum Gasteiger partial charge on any atom is -0.486 e. The van der Waals surface area contributed by atoms with Gasteiger partial charge >= 0.3 is 17.8 Å². The third-order valence-electron chi connectivity index (χ3n) is 4.47. The van der Waals surface area contributed by atoms with Crippen molar-refractivity contribution in [1.29, 1.82) is 0 Å². The summed E-state index contributed by atoms with van der Waals surface area (Å²) in [6, 6.07) is 8.71. The van der Waals surface area contributed by atoms with Crippen molar-refractivity contribution >= 4 is 29.2 Å². The van der Waals surface area contributed by atoms with E-state index < -0.39 is 17.8 Å². The van der Waals surface area contributed by atoms with E-state index in [0.717, 1.165) is 20.2 Å². The van der Waals surface area contributed by atoms with Gasteiger partial charge in [-0.05, 0) is 36.2 Å². The first kappa shape index (κ1) is 18.5. The number of thiophene rings is 1. The van der Waals surface area contributed by atoms with Gasteiger partial charge in [-0.15, -0.1) is 11.3 Å². The van der Waals surface area contributed by atoms with Crippen LogP contribution in [0.5, 0.6) is 11.5 Å². The molecule has 146 valence electrons. The summed E-state index contributed by atoms with van der Waals surface area (Å²) < 4.78 is 11.1. The van der Waals surface area contributed by atoms with Crippen LogP contribution in [-0.2, 0) is 22.7 Å². The third-order valence-corrected chi connectivity index (χ3v) is 5.33. The lowest BCUT2D eigenvalue weighted by atomic mass is 10.2. The van der Waals surface area contributed by atoms with Crippen LogP contribution >= 0.6 is 11.3 Å². The molecule has 0 saturated carbocycles. The fraction of sp³-hybridized carbons (Fsp3) is 0.316. The summed E-state index contributed by atoms with van der Waals surface area (Å²) in [5.74, 6) is -0.193. The molecule has 0 aliphatic carbocycles. The largest absolute Gasteiger partial charge is 0.486 e. The second kappa shape index (κ2) is 7.61. The SMILES string of the molecule is CN(Cc1ccc2c(c1)OCCO2)CN1C(=O)C(=O)N(Cc2cccs2)C1=O. The van der Waals surface area contributed by atoms with Gasteiger partial charge in [0.1, 0.15) is 13.2 Å². The second-order valence-corrected chi connectivity index (χ2v) is 7.65. The Morgan fingerprint density at radius 2 is 1.79 bits per heavy atom. The van der Waals surface area contributed by atoms with Crippen LogP contribution in [0.4, 0.5) is 4.79 Å². The summed E-state index contributed by atoms with van der Waals surface area (Å²) in [5, 5.41) is 1.86. The molecule has 0 N–H and O–H groups in total. The fourth-order valence-electron chi connectivity index (χ4n) is 3.16. The molecule has 2 aromatic rings. The van der Waals surface area contributed by atoms with Crippen molar-refractivity contribution in [2.45, 2.75) is 13.1 Å². The van der Waals surface area contributed by atoms with E-state index in [2.05, 4.69) is 0 Å². The van der Waals surface area contributed by atoms with Gasteiger partial charge in [0, 0.05) is 11.4 Å². The molecule has 1 fully saturated rings. The number of hydrogen-bond acceptors (Lipinski definition) is 7. The predicted octanol–water partition coefficient (Wildman–Crippen LogP) is 1.90. The fourth-order valence-corrected chi connectivity index (χ4v) is 3.85. The van der Waals surface area contributed by atoms with Crippen LogP contribution in [-0.4, -0.2) is 59.5 Å². The average molecular weight is 401 g/mol. The van der Waals surface area contributed by atoms with Crippen LogP contribution in [0.15, 0.2) is 35.7 Å². The number of urea groups is 1. The number of carbonyl (C=O) groups excluding carboxylic acids is 3. The van der Waals surface area contributed by atoms with Crippen molar-refractivity contribution < 1.29 is 23.9 Å². The highest BCUT2D eigenvalue weighted by molar-refractivity contribution is 7.09. The molecule has 1 aromatic heterocycles. The molecule has 0 radical (unpaired) electrons. The molecule has 9 heteroatoms. The van der Waals surface area contributed by atoms with Gasteiger partial charge in [0.25, 0.3) is 0 Å². The normalized spacial score (nSPS) is 16.4. The molecule has 8 nitrogen and oxygen atoms in total. The highest BCUT2D eigenvalue weighted by Crippen LogP contribution is 2.31. The maximum Gasteiger partial charge on any atom is 0.335 e. The van der Waals surface area contributed by atoms with Crippen molar-refractivity contribution in [3.05, 3.63) is 46.2 Å².